The lowest BCUT2D eigenvalue weighted by Crippen LogP contribution is -2.30. The van der Waals surface area contributed by atoms with Gasteiger partial charge in [0.15, 0.2) is 0 Å². The Labute approximate surface area is 170 Å². The van der Waals surface area contributed by atoms with E-state index >= 15 is 0 Å². The Bertz CT molecular complexity index is 926. The second-order valence-corrected chi connectivity index (χ2v) is 7.32. The number of rotatable bonds is 5. The normalized spacial score (nSPS) is 14.2. The van der Waals surface area contributed by atoms with Crippen molar-refractivity contribution in [2.45, 2.75) is 19.3 Å². The highest BCUT2D eigenvalue weighted by Crippen LogP contribution is 2.27. The standard InChI is InChI=1S/C19H19BrN4O4/c20-14-4-7-18(25)16(11-14)19(26)22-21-12-13-10-15(24(27)28)5-6-17(13)23-8-2-1-3-9-23/h4-7,10-12,25H,1-3,8-9H2,(H,22,26)/b21-12-. The molecule has 9 heteroatoms. The summed E-state index contributed by atoms with van der Waals surface area (Å²) in [6.45, 7) is 1.74. The molecule has 0 atom stereocenters. The predicted octanol–water partition coefficient (Wildman–Crippen LogP) is 3.82. The molecule has 1 fully saturated rings. The molecule has 146 valence electrons. The molecule has 0 aliphatic carbocycles. The van der Waals surface area contributed by atoms with Crippen LogP contribution in [0.4, 0.5) is 11.4 Å². The largest absolute Gasteiger partial charge is 0.507 e. The maximum absolute atomic E-state index is 12.2. The van der Waals surface area contributed by atoms with Crippen LogP contribution in [0.2, 0.25) is 0 Å². The number of amides is 1. The smallest absolute Gasteiger partial charge is 0.275 e. The van der Waals surface area contributed by atoms with Gasteiger partial charge in [-0.15, -0.1) is 0 Å². The lowest BCUT2D eigenvalue weighted by Gasteiger charge is -2.29. The van der Waals surface area contributed by atoms with Gasteiger partial charge >= 0.3 is 0 Å². The highest BCUT2D eigenvalue weighted by molar-refractivity contribution is 9.10. The topological polar surface area (TPSA) is 108 Å². The zero-order chi connectivity index (χ0) is 20.1. The molecular formula is C19H19BrN4O4. The Morgan fingerprint density at radius 2 is 1.96 bits per heavy atom. The SMILES string of the molecule is O=C(N/N=C\c1cc([N+](=O)[O-])ccc1N1CCCCC1)c1cc(Br)ccc1O. The predicted molar refractivity (Wildman–Crippen MR) is 110 cm³/mol. The quantitative estimate of drug-likeness (QED) is 0.412. The Hall–Kier alpha value is -2.94. The first-order chi connectivity index (χ1) is 13.5. The van der Waals surface area contributed by atoms with Crippen molar-refractivity contribution in [1.29, 1.82) is 0 Å². The van der Waals surface area contributed by atoms with Crippen LogP contribution in [0.15, 0.2) is 46.0 Å². The molecule has 2 aromatic carbocycles. The fourth-order valence-electron chi connectivity index (χ4n) is 3.09. The van der Waals surface area contributed by atoms with Crippen LogP contribution in [-0.2, 0) is 0 Å². The third-order valence-electron chi connectivity index (χ3n) is 4.49. The van der Waals surface area contributed by atoms with Gasteiger partial charge in [-0.1, -0.05) is 15.9 Å². The third-order valence-corrected chi connectivity index (χ3v) is 4.98. The second-order valence-electron chi connectivity index (χ2n) is 6.41. The number of nitro groups is 1. The highest BCUT2D eigenvalue weighted by atomic mass is 79.9. The summed E-state index contributed by atoms with van der Waals surface area (Å²) in [6.07, 6.45) is 4.68. The van der Waals surface area contributed by atoms with Crippen LogP contribution in [0, 0.1) is 10.1 Å². The number of hydrogen-bond acceptors (Lipinski definition) is 6. The van der Waals surface area contributed by atoms with E-state index in [2.05, 4.69) is 31.4 Å². The molecule has 3 rings (SSSR count). The Morgan fingerprint density at radius 3 is 2.68 bits per heavy atom. The molecule has 0 saturated carbocycles. The van der Waals surface area contributed by atoms with Crippen molar-refractivity contribution in [2.24, 2.45) is 5.10 Å². The second kappa shape index (κ2) is 8.83. The Balaban J connectivity index is 1.82. The molecule has 1 amide bonds. The first-order valence-corrected chi connectivity index (χ1v) is 9.60. The zero-order valence-electron chi connectivity index (χ0n) is 15.0. The van der Waals surface area contributed by atoms with Crippen LogP contribution in [-0.4, -0.2) is 35.2 Å². The van der Waals surface area contributed by atoms with Gasteiger partial charge in [-0.05, 0) is 43.5 Å². The fourth-order valence-corrected chi connectivity index (χ4v) is 3.45. The maximum atomic E-state index is 12.2. The number of non-ortho nitro benzene ring substituents is 1. The van der Waals surface area contributed by atoms with Crippen LogP contribution < -0.4 is 10.3 Å². The summed E-state index contributed by atoms with van der Waals surface area (Å²) in [5.41, 5.74) is 3.78. The van der Waals surface area contributed by atoms with E-state index in [4.69, 9.17) is 0 Å². The van der Waals surface area contributed by atoms with Gasteiger partial charge in [0.25, 0.3) is 11.6 Å². The van der Waals surface area contributed by atoms with Crippen molar-refractivity contribution in [3.8, 4) is 5.75 Å². The zero-order valence-corrected chi connectivity index (χ0v) is 16.6. The summed E-state index contributed by atoms with van der Waals surface area (Å²) >= 11 is 3.25. The number of hydrogen-bond donors (Lipinski definition) is 2. The van der Waals surface area contributed by atoms with Crippen LogP contribution in [0.3, 0.4) is 0 Å². The van der Waals surface area contributed by atoms with E-state index in [0.29, 0.717) is 10.0 Å². The van der Waals surface area contributed by atoms with Crippen LogP contribution >= 0.6 is 15.9 Å². The molecule has 0 bridgehead atoms. The number of carbonyl (C=O) groups is 1. The number of piperidine rings is 1. The van der Waals surface area contributed by atoms with Gasteiger partial charge in [-0.25, -0.2) is 5.43 Å². The van der Waals surface area contributed by atoms with E-state index < -0.39 is 10.8 Å². The molecule has 1 aliphatic heterocycles. The van der Waals surface area contributed by atoms with Gasteiger partial charge in [0.2, 0.25) is 0 Å². The van der Waals surface area contributed by atoms with Crippen molar-refractivity contribution in [2.75, 3.05) is 18.0 Å². The molecule has 0 radical (unpaired) electrons. The van der Waals surface area contributed by atoms with Crippen molar-refractivity contribution >= 4 is 39.4 Å². The highest BCUT2D eigenvalue weighted by Gasteiger charge is 2.17. The monoisotopic (exact) mass is 446 g/mol. The van der Waals surface area contributed by atoms with E-state index in [-0.39, 0.29) is 17.0 Å². The number of carbonyl (C=O) groups excluding carboxylic acids is 1. The summed E-state index contributed by atoms with van der Waals surface area (Å²) in [6, 6.07) is 9.12. The van der Waals surface area contributed by atoms with Crippen LogP contribution in [0.1, 0.15) is 35.2 Å². The number of nitrogens with zero attached hydrogens (tertiary/aromatic N) is 3. The minimum Gasteiger partial charge on any atom is -0.507 e. The fraction of sp³-hybridized carbons (Fsp3) is 0.263. The molecule has 2 N–H and O–H groups in total. The van der Waals surface area contributed by atoms with Gasteiger partial charge in [0.05, 0.1) is 16.7 Å². The number of anilines is 1. The van der Waals surface area contributed by atoms with Crippen molar-refractivity contribution in [3.63, 3.8) is 0 Å². The van der Waals surface area contributed by atoms with Crippen molar-refractivity contribution < 1.29 is 14.8 Å². The Morgan fingerprint density at radius 1 is 1.21 bits per heavy atom. The average molecular weight is 447 g/mol. The Kier molecular flexibility index (Phi) is 6.25. The molecule has 1 heterocycles. The van der Waals surface area contributed by atoms with E-state index in [9.17, 15) is 20.0 Å². The minimum absolute atomic E-state index is 0.0434. The molecule has 0 spiro atoms. The van der Waals surface area contributed by atoms with Crippen molar-refractivity contribution in [1.82, 2.24) is 5.43 Å². The van der Waals surface area contributed by atoms with Crippen molar-refractivity contribution in [3.05, 3.63) is 62.1 Å². The van der Waals surface area contributed by atoms with Gasteiger partial charge in [0.1, 0.15) is 5.75 Å². The summed E-state index contributed by atoms with van der Waals surface area (Å²) < 4.78 is 0.644. The lowest BCUT2D eigenvalue weighted by molar-refractivity contribution is -0.384. The number of halogens is 1. The summed E-state index contributed by atoms with van der Waals surface area (Å²) in [7, 11) is 0. The number of benzene rings is 2. The first-order valence-electron chi connectivity index (χ1n) is 8.81. The molecule has 28 heavy (non-hydrogen) atoms. The van der Waals surface area contributed by atoms with Crippen LogP contribution in [0.25, 0.3) is 0 Å². The maximum Gasteiger partial charge on any atom is 0.275 e. The molecule has 1 saturated heterocycles. The summed E-state index contributed by atoms with van der Waals surface area (Å²) in [5, 5.41) is 24.9. The van der Waals surface area contributed by atoms with E-state index in [0.717, 1.165) is 31.6 Å². The number of nitro benzene ring substituents is 1. The van der Waals surface area contributed by atoms with E-state index in [1.165, 1.54) is 36.9 Å². The molecule has 1 aliphatic rings. The van der Waals surface area contributed by atoms with E-state index in [1.807, 2.05) is 0 Å². The van der Waals surface area contributed by atoms with E-state index in [1.54, 1.807) is 12.1 Å². The first kappa shape index (κ1) is 19.8. The average Bonchev–Trinajstić information content (AvgIpc) is 2.70. The molecule has 2 aromatic rings. The molecule has 0 unspecified atom stereocenters. The van der Waals surface area contributed by atoms with Gasteiger partial charge in [-0.2, -0.15) is 5.10 Å². The van der Waals surface area contributed by atoms with Gasteiger partial charge in [-0.3, -0.25) is 14.9 Å². The lowest BCUT2D eigenvalue weighted by atomic mass is 10.1. The molecular weight excluding hydrogens is 428 g/mol. The third kappa shape index (κ3) is 4.66. The number of phenols is 1. The number of nitrogens with one attached hydrogen (secondary N) is 1. The van der Waals surface area contributed by atoms with Gasteiger partial charge < -0.3 is 10.0 Å². The number of hydrazone groups is 1. The number of aromatic hydroxyl groups is 1. The molecule has 0 aromatic heterocycles. The summed E-state index contributed by atoms with van der Waals surface area (Å²) in [4.78, 5) is 25.1. The minimum atomic E-state index is -0.583. The van der Waals surface area contributed by atoms with Crippen LogP contribution in [0.5, 0.6) is 5.75 Å². The molecule has 8 nitrogen and oxygen atoms in total. The van der Waals surface area contributed by atoms with Gasteiger partial charge in [0, 0.05) is 40.9 Å². The number of phenolic OH excluding ortho intramolecular Hbond substituents is 1. The summed E-state index contributed by atoms with van der Waals surface area (Å²) in [5.74, 6) is -0.750.